The number of carbonyl (C=O) groups excluding carboxylic acids is 2. The van der Waals surface area contributed by atoms with Crippen molar-refractivity contribution in [3.05, 3.63) is 124 Å². The predicted molar refractivity (Wildman–Crippen MR) is 157 cm³/mol. The Morgan fingerprint density at radius 2 is 1.75 bits per heavy atom. The second-order valence-electron chi connectivity index (χ2n) is 10.5. The van der Waals surface area contributed by atoms with Crippen LogP contribution in [0, 0.1) is 11.6 Å². The van der Waals surface area contributed by atoms with Gasteiger partial charge in [0.2, 0.25) is 6.10 Å². The van der Waals surface area contributed by atoms with E-state index in [1.165, 1.54) is 41.4 Å². The molecule has 6 rings (SSSR count). The smallest absolute Gasteiger partial charge is 0.335 e. The molecular formula is C33H24ClF2N3O5. The summed E-state index contributed by atoms with van der Waals surface area (Å²) >= 11 is 5.93. The van der Waals surface area contributed by atoms with Crippen molar-refractivity contribution in [3.8, 4) is 11.1 Å². The third kappa shape index (κ3) is 5.56. The maximum absolute atomic E-state index is 14.7. The van der Waals surface area contributed by atoms with E-state index in [1.54, 1.807) is 30.3 Å². The first-order chi connectivity index (χ1) is 21.2. The molecule has 0 saturated carbocycles. The van der Waals surface area contributed by atoms with E-state index < -0.39 is 35.7 Å². The number of carboxylic acid groups (broad SMARTS) is 1. The van der Waals surface area contributed by atoms with Crippen LogP contribution in [0.5, 0.6) is 0 Å². The van der Waals surface area contributed by atoms with Gasteiger partial charge in [-0.05, 0) is 59.0 Å². The van der Waals surface area contributed by atoms with Crippen molar-refractivity contribution in [2.24, 2.45) is 5.16 Å². The average molecular weight is 616 g/mol. The lowest BCUT2D eigenvalue weighted by Gasteiger charge is -2.38. The zero-order valence-electron chi connectivity index (χ0n) is 23.0. The fraction of sp³-hybridized carbons (Fsp3) is 0.182. The lowest BCUT2D eigenvalue weighted by Crippen LogP contribution is -2.48. The number of nitrogens with zero attached hydrogens (tertiary/aromatic N) is 3. The number of oxime groups is 1. The van der Waals surface area contributed by atoms with Gasteiger partial charge >= 0.3 is 5.97 Å². The molecule has 2 aliphatic heterocycles. The largest absolute Gasteiger partial charge is 0.478 e. The molecule has 4 aromatic rings. The molecule has 44 heavy (non-hydrogen) atoms. The normalized spacial score (nSPS) is 17.4. The van der Waals surface area contributed by atoms with E-state index in [0.717, 1.165) is 11.8 Å². The molecular weight excluding hydrogens is 592 g/mol. The maximum atomic E-state index is 14.7. The number of halogens is 3. The summed E-state index contributed by atoms with van der Waals surface area (Å²) in [7, 11) is 0. The molecule has 0 spiro atoms. The number of aromatic nitrogens is 1. The molecule has 222 valence electrons. The summed E-state index contributed by atoms with van der Waals surface area (Å²) in [5.74, 6) is -3.06. The van der Waals surface area contributed by atoms with Crippen molar-refractivity contribution in [1.82, 2.24) is 9.88 Å². The topological polar surface area (TPSA) is 109 Å². The number of benzene rings is 3. The number of aromatic carboxylic acids is 1. The molecule has 1 N–H and O–H groups in total. The van der Waals surface area contributed by atoms with Crippen molar-refractivity contribution >= 4 is 35.0 Å². The Bertz CT molecular complexity index is 1830. The first-order valence-corrected chi connectivity index (χ1v) is 14.1. The van der Waals surface area contributed by atoms with E-state index in [9.17, 15) is 28.3 Å². The molecule has 0 aliphatic carbocycles. The van der Waals surface area contributed by atoms with Crippen LogP contribution >= 0.6 is 11.6 Å². The minimum Gasteiger partial charge on any atom is -0.478 e. The molecule has 8 nitrogen and oxygen atoms in total. The van der Waals surface area contributed by atoms with Gasteiger partial charge in [-0.2, -0.15) is 0 Å². The molecule has 0 radical (unpaired) electrons. The van der Waals surface area contributed by atoms with Crippen LogP contribution in [-0.4, -0.2) is 51.0 Å². The molecule has 1 amide bonds. The Labute approximate surface area is 255 Å². The summed E-state index contributed by atoms with van der Waals surface area (Å²) in [6.45, 7) is 0.153. The number of pyridine rings is 1. The molecule has 0 fully saturated rings. The number of hydrogen-bond donors (Lipinski definition) is 1. The Morgan fingerprint density at radius 3 is 2.50 bits per heavy atom. The van der Waals surface area contributed by atoms with Gasteiger partial charge < -0.3 is 14.8 Å². The van der Waals surface area contributed by atoms with Crippen molar-refractivity contribution in [2.75, 3.05) is 6.54 Å². The Morgan fingerprint density at radius 1 is 1.00 bits per heavy atom. The highest BCUT2D eigenvalue weighted by Gasteiger charge is 2.42. The maximum Gasteiger partial charge on any atom is 0.335 e. The van der Waals surface area contributed by atoms with Crippen LogP contribution in [0.3, 0.4) is 0 Å². The Balaban J connectivity index is 1.33. The molecule has 2 aliphatic rings. The first kappa shape index (κ1) is 29.1. The number of carbonyl (C=O) groups is 3. The van der Waals surface area contributed by atoms with E-state index in [-0.39, 0.29) is 47.0 Å². The van der Waals surface area contributed by atoms with Gasteiger partial charge in [0.25, 0.3) is 5.91 Å². The highest BCUT2D eigenvalue weighted by Crippen LogP contribution is 2.38. The molecule has 1 aromatic heterocycles. The standard InChI is InChI=1S/C33H24ClF2N3O5/c34-26-6-2-5-25(30(26)36)27-15-29(44-38-27)32(41)39-12-11-23-22(20-14-21(35)17-37-16-20)3-1-4-24(23)31(39)28(40)13-18-7-9-19(10-8-18)33(42)43/h1-10,14,16-17,29,31H,11-13,15H2,(H,42,43)/t29-,31+/m1/s1. The molecule has 3 aromatic carbocycles. The molecule has 0 saturated heterocycles. The number of fused-ring (bicyclic) bond motifs is 1. The van der Waals surface area contributed by atoms with Crippen LogP contribution in [0.1, 0.15) is 45.1 Å². The van der Waals surface area contributed by atoms with E-state index in [0.29, 0.717) is 28.7 Å². The monoisotopic (exact) mass is 615 g/mol. The highest BCUT2D eigenvalue weighted by molar-refractivity contribution is 6.31. The number of rotatable bonds is 7. The second-order valence-corrected chi connectivity index (χ2v) is 10.9. The van der Waals surface area contributed by atoms with Gasteiger partial charge in [-0.1, -0.05) is 53.2 Å². The van der Waals surface area contributed by atoms with E-state index in [4.69, 9.17) is 16.4 Å². The summed E-state index contributed by atoms with van der Waals surface area (Å²) in [4.78, 5) is 50.2. The van der Waals surface area contributed by atoms with Crippen molar-refractivity contribution < 1.29 is 33.1 Å². The van der Waals surface area contributed by atoms with Crippen LogP contribution in [0.2, 0.25) is 5.02 Å². The van der Waals surface area contributed by atoms with Crippen LogP contribution in [0.25, 0.3) is 11.1 Å². The highest BCUT2D eigenvalue weighted by atomic mass is 35.5. The molecule has 0 unspecified atom stereocenters. The number of Topliss-reactive ketones (excluding diaryl/α,β-unsaturated/α-hetero) is 1. The lowest BCUT2D eigenvalue weighted by molar-refractivity contribution is -0.149. The first-order valence-electron chi connectivity index (χ1n) is 13.8. The van der Waals surface area contributed by atoms with Gasteiger partial charge in [0.1, 0.15) is 11.9 Å². The Hall–Kier alpha value is -4.96. The number of amides is 1. The number of ketones is 1. The summed E-state index contributed by atoms with van der Waals surface area (Å²) in [6.07, 6.45) is 1.82. The third-order valence-electron chi connectivity index (χ3n) is 7.81. The number of carboxylic acids is 1. The van der Waals surface area contributed by atoms with Gasteiger partial charge in [0.15, 0.2) is 11.6 Å². The second kappa shape index (κ2) is 12.0. The number of hydrogen-bond acceptors (Lipinski definition) is 6. The Kier molecular flexibility index (Phi) is 7.92. The minimum atomic E-state index is -1.09. The van der Waals surface area contributed by atoms with Gasteiger partial charge in [0.05, 0.1) is 22.5 Å². The van der Waals surface area contributed by atoms with Crippen LogP contribution in [0.4, 0.5) is 8.78 Å². The summed E-state index contributed by atoms with van der Waals surface area (Å²) in [5, 5.41) is 13.1. The van der Waals surface area contributed by atoms with E-state index in [2.05, 4.69) is 10.1 Å². The molecule has 3 heterocycles. The average Bonchev–Trinajstić information content (AvgIpc) is 3.51. The van der Waals surface area contributed by atoms with Gasteiger partial charge in [-0.3, -0.25) is 14.6 Å². The van der Waals surface area contributed by atoms with Gasteiger partial charge in [-0.25, -0.2) is 13.6 Å². The molecule has 2 atom stereocenters. The van der Waals surface area contributed by atoms with Crippen LogP contribution in [-0.2, 0) is 27.3 Å². The fourth-order valence-electron chi connectivity index (χ4n) is 5.73. The zero-order valence-corrected chi connectivity index (χ0v) is 23.8. The summed E-state index contributed by atoms with van der Waals surface area (Å²) < 4.78 is 28.8. The van der Waals surface area contributed by atoms with Crippen molar-refractivity contribution in [3.63, 3.8) is 0 Å². The minimum absolute atomic E-state index is 0.0218. The van der Waals surface area contributed by atoms with E-state index >= 15 is 0 Å². The lowest BCUT2D eigenvalue weighted by atomic mass is 9.83. The third-order valence-corrected chi connectivity index (χ3v) is 8.10. The van der Waals surface area contributed by atoms with Crippen LogP contribution < -0.4 is 0 Å². The van der Waals surface area contributed by atoms with Crippen molar-refractivity contribution in [2.45, 2.75) is 31.4 Å². The molecule has 0 bridgehead atoms. The SMILES string of the molecule is O=C(O)c1ccc(CC(=O)[C@@H]2c3cccc(-c4cncc(F)c4)c3CCN2C(=O)[C@H]2CC(c3cccc(Cl)c3F)=NO2)cc1. The van der Waals surface area contributed by atoms with E-state index in [1.807, 2.05) is 6.07 Å². The molecule has 11 heteroatoms. The van der Waals surface area contributed by atoms with Crippen LogP contribution in [0.15, 0.2) is 84.3 Å². The van der Waals surface area contributed by atoms with Crippen molar-refractivity contribution in [1.29, 1.82) is 0 Å². The predicted octanol–water partition coefficient (Wildman–Crippen LogP) is 5.81. The van der Waals surface area contributed by atoms with Gasteiger partial charge in [-0.15, -0.1) is 0 Å². The van der Waals surface area contributed by atoms with Gasteiger partial charge in [0, 0.05) is 36.7 Å². The quantitative estimate of drug-likeness (QED) is 0.281. The zero-order chi connectivity index (χ0) is 31.0. The summed E-state index contributed by atoms with van der Waals surface area (Å²) in [6, 6.07) is 16.1. The fourth-order valence-corrected chi connectivity index (χ4v) is 5.90. The summed E-state index contributed by atoms with van der Waals surface area (Å²) in [5.41, 5.74) is 3.61.